The predicted molar refractivity (Wildman–Crippen MR) is 58.1 cm³/mol. The number of nitrogens with zero attached hydrogens (tertiary/aromatic N) is 1. The van der Waals surface area contributed by atoms with Gasteiger partial charge in [0.2, 0.25) is 0 Å². The van der Waals surface area contributed by atoms with Gasteiger partial charge in [0, 0.05) is 17.0 Å². The highest BCUT2D eigenvalue weighted by molar-refractivity contribution is 7.11. The lowest BCUT2D eigenvalue weighted by molar-refractivity contribution is -0.124. The molecular weight excluding hydrogens is 210 g/mol. The second-order valence-electron chi connectivity index (χ2n) is 3.99. The number of aryl methyl sites for hydroxylation is 1. The molecule has 1 fully saturated rings. The third-order valence-electron chi connectivity index (χ3n) is 2.75. The van der Waals surface area contributed by atoms with Crippen LogP contribution in [-0.2, 0) is 4.79 Å². The first-order chi connectivity index (χ1) is 7.16. The number of carbonyl (C=O) groups excluding carboxylic acids is 2. The minimum absolute atomic E-state index is 0.0393. The summed E-state index contributed by atoms with van der Waals surface area (Å²) in [7, 11) is 0. The van der Waals surface area contributed by atoms with Crippen LogP contribution in [0.1, 0.15) is 41.2 Å². The first-order valence-corrected chi connectivity index (χ1v) is 6.03. The molecule has 0 spiro atoms. The average molecular weight is 223 g/mol. The van der Waals surface area contributed by atoms with Crippen LogP contribution >= 0.6 is 11.3 Å². The highest BCUT2D eigenvalue weighted by atomic mass is 32.1. The van der Waals surface area contributed by atoms with Crippen LogP contribution in [-0.4, -0.2) is 16.6 Å². The van der Waals surface area contributed by atoms with E-state index < -0.39 is 0 Å². The maximum absolute atomic E-state index is 11.6. The Bertz CT molecular complexity index is 393. The molecule has 1 aliphatic rings. The topological polar surface area (TPSA) is 47.0 Å². The van der Waals surface area contributed by atoms with Crippen molar-refractivity contribution in [2.75, 3.05) is 0 Å². The van der Waals surface area contributed by atoms with E-state index in [1.54, 1.807) is 0 Å². The molecule has 3 nitrogen and oxygen atoms in total. The Morgan fingerprint density at radius 1 is 1.53 bits per heavy atom. The van der Waals surface area contributed by atoms with E-state index in [-0.39, 0.29) is 23.9 Å². The maximum Gasteiger partial charge on any atom is 0.198 e. The van der Waals surface area contributed by atoms with Gasteiger partial charge in [0.1, 0.15) is 5.78 Å². The predicted octanol–water partition coefficient (Wildman–Crippen LogP) is 2.39. The summed E-state index contributed by atoms with van der Waals surface area (Å²) in [6, 6.07) is 0. The molecule has 0 atom stereocenters. The molecule has 1 heterocycles. The Kier molecular flexibility index (Phi) is 2.95. The van der Waals surface area contributed by atoms with Gasteiger partial charge in [-0.05, 0) is 19.8 Å². The molecule has 1 aromatic heterocycles. The van der Waals surface area contributed by atoms with E-state index in [1.807, 2.05) is 12.3 Å². The molecule has 15 heavy (non-hydrogen) atoms. The minimum Gasteiger partial charge on any atom is -0.299 e. The molecule has 0 radical (unpaired) electrons. The summed E-state index contributed by atoms with van der Waals surface area (Å²) in [6.07, 6.45) is 3.09. The Balaban J connectivity index is 1.94. The summed E-state index contributed by atoms with van der Waals surface area (Å²) in [4.78, 5) is 27.3. The molecule has 0 aromatic carbocycles. The van der Waals surface area contributed by atoms with Gasteiger partial charge in [-0.3, -0.25) is 9.59 Å². The Labute approximate surface area is 92.5 Å². The summed E-state index contributed by atoms with van der Waals surface area (Å²) in [5.74, 6) is 0.124. The molecule has 0 unspecified atom stereocenters. The van der Waals surface area contributed by atoms with Gasteiger partial charge in [-0.2, -0.15) is 0 Å². The Morgan fingerprint density at radius 2 is 2.27 bits per heavy atom. The van der Waals surface area contributed by atoms with Crippen molar-refractivity contribution in [2.24, 2.45) is 5.92 Å². The maximum atomic E-state index is 11.6. The summed E-state index contributed by atoms with van der Waals surface area (Å²) < 4.78 is 0. The van der Waals surface area contributed by atoms with E-state index in [2.05, 4.69) is 4.98 Å². The first kappa shape index (κ1) is 10.5. The second-order valence-corrected chi connectivity index (χ2v) is 4.85. The number of ketones is 2. The molecule has 0 aliphatic heterocycles. The van der Waals surface area contributed by atoms with Crippen molar-refractivity contribution in [3.63, 3.8) is 0 Å². The van der Waals surface area contributed by atoms with E-state index in [4.69, 9.17) is 0 Å². The van der Waals surface area contributed by atoms with Crippen molar-refractivity contribution in [3.05, 3.63) is 16.1 Å². The number of hydrogen-bond acceptors (Lipinski definition) is 4. The SMILES string of the molecule is Cc1csc(C(=O)CC(=O)C2CCC2)n1. The number of hydrogen-bond donors (Lipinski definition) is 0. The normalized spacial score (nSPS) is 16.1. The van der Waals surface area contributed by atoms with E-state index in [0.717, 1.165) is 25.0 Å². The van der Waals surface area contributed by atoms with Crippen molar-refractivity contribution >= 4 is 22.9 Å². The number of aromatic nitrogens is 1. The summed E-state index contributed by atoms with van der Waals surface area (Å²) in [5.41, 5.74) is 0.847. The van der Waals surface area contributed by atoms with Crippen LogP contribution in [0.2, 0.25) is 0 Å². The van der Waals surface area contributed by atoms with Gasteiger partial charge >= 0.3 is 0 Å². The van der Waals surface area contributed by atoms with Crippen LogP contribution in [0, 0.1) is 12.8 Å². The summed E-state index contributed by atoms with van der Waals surface area (Å²) in [5, 5.41) is 2.31. The molecule has 4 heteroatoms. The third-order valence-corrected chi connectivity index (χ3v) is 3.75. The van der Waals surface area contributed by atoms with Gasteiger partial charge in [-0.15, -0.1) is 11.3 Å². The lowest BCUT2D eigenvalue weighted by atomic mass is 9.81. The Morgan fingerprint density at radius 3 is 2.73 bits per heavy atom. The fraction of sp³-hybridized carbons (Fsp3) is 0.545. The lowest BCUT2D eigenvalue weighted by Gasteiger charge is -2.23. The van der Waals surface area contributed by atoms with Crippen LogP contribution in [0.15, 0.2) is 5.38 Å². The van der Waals surface area contributed by atoms with Crippen LogP contribution < -0.4 is 0 Å². The zero-order valence-corrected chi connectivity index (χ0v) is 9.47. The fourth-order valence-corrected chi connectivity index (χ4v) is 2.33. The van der Waals surface area contributed by atoms with Crippen LogP contribution in [0.5, 0.6) is 0 Å². The molecule has 80 valence electrons. The Hall–Kier alpha value is -1.03. The zero-order chi connectivity index (χ0) is 10.8. The third kappa shape index (κ3) is 2.31. The molecular formula is C11H13NO2S. The monoisotopic (exact) mass is 223 g/mol. The smallest absolute Gasteiger partial charge is 0.198 e. The van der Waals surface area contributed by atoms with Crippen molar-refractivity contribution in [2.45, 2.75) is 32.6 Å². The fourth-order valence-electron chi connectivity index (χ4n) is 1.59. The number of Topliss-reactive ketones (excluding diaryl/α,β-unsaturated/α-hetero) is 2. The van der Waals surface area contributed by atoms with Crippen molar-refractivity contribution in [1.29, 1.82) is 0 Å². The quantitative estimate of drug-likeness (QED) is 0.581. The van der Waals surface area contributed by atoms with E-state index in [0.29, 0.717) is 5.01 Å². The average Bonchev–Trinajstić information content (AvgIpc) is 2.48. The zero-order valence-electron chi connectivity index (χ0n) is 8.66. The molecule has 2 rings (SSSR count). The molecule has 1 aromatic rings. The lowest BCUT2D eigenvalue weighted by Crippen LogP contribution is -2.24. The number of rotatable bonds is 4. The van der Waals surface area contributed by atoms with Crippen LogP contribution in [0.25, 0.3) is 0 Å². The van der Waals surface area contributed by atoms with E-state index in [1.165, 1.54) is 11.3 Å². The van der Waals surface area contributed by atoms with Crippen molar-refractivity contribution in [3.8, 4) is 0 Å². The van der Waals surface area contributed by atoms with Crippen LogP contribution in [0.4, 0.5) is 0 Å². The van der Waals surface area contributed by atoms with Gasteiger partial charge in [-0.25, -0.2) is 4.98 Å². The van der Waals surface area contributed by atoms with Crippen LogP contribution in [0.3, 0.4) is 0 Å². The molecule has 0 bridgehead atoms. The van der Waals surface area contributed by atoms with E-state index in [9.17, 15) is 9.59 Å². The molecule has 1 saturated carbocycles. The number of carbonyl (C=O) groups is 2. The molecule has 0 saturated heterocycles. The summed E-state index contributed by atoms with van der Waals surface area (Å²) in [6.45, 7) is 1.85. The highest BCUT2D eigenvalue weighted by Gasteiger charge is 2.27. The molecule has 0 N–H and O–H groups in total. The van der Waals surface area contributed by atoms with Gasteiger partial charge in [0.25, 0.3) is 0 Å². The van der Waals surface area contributed by atoms with Crippen molar-refractivity contribution in [1.82, 2.24) is 4.98 Å². The van der Waals surface area contributed by atoms with Gasteiger partial charge in [0.15, 0.2) is 10.8 Å². The highest BCUT2D eigenvalue weighted by Crippen LogP contribution is 2.28. The minimum atomic E-state index is -0.120. The standard InChI is InChI=1S/C11H13NO2S/c1-7-6-15-11(12-7)10(14)5-9(13)8-3-2-4-8/h6,8H,2-5H2,1H3. The molecule has 0 amide bonds. The van der Waals surface area contributed by atoms with Crippen molar-refractivity contribution < 1.29 is 9.59 Å². The first-order valence-electron chi connectivity index (χ1n) is 5.15. The van der Waals surface area contributed by atoms with Gasteiger partial charge in [0.05, 0.1) is 6.42 Å². The van der Waals surface area contributed by atoms with Gasteiger partial charge in [-0.1, -0.05) is 6.42 Å². The summed E-state index contributed by atoms with van der Waals surface area (Å²) >= 11 is 1.32. The second kappa shape index (κ2) is 4.23. The van der Waals surface area contributed by atoms with Gasteiger partial charge < -0.3 is 0 Å². The molecule has 1 aliphatic carbocycles. The number of thiazole rings is 1. The largest absolute Gasteiger partial charge is 0.299 e. The van der Waals surface area contributed by atoms with E-state index >= 15 is 0 Å².